The number of hydrogen-bond acceptors (Lipinski definition) is 3. The van der Waals surface area contributed by atoms with Gasteiger partial charge in [0.25, 0.3) is 0 Å². The second kappa shape index (κ2) is 7.80. The van der Waals surface area contributed by atoms with Gasteiger partial charge in [0.1, 0.15) is 0 Å². The molecule has 1 aliphatic rings. The molecule has 1 amide bonds. The van der Waals surface area contributed by atoms with E-state index in [9.17, 15) is 4.79 Å². The van der Waals surface area contributed by atoms with Gasteiger partial charge in [-0.05, 0) is 50.0 Å². The van der Waals surface area contributed by atoms with Crippen molar-refractivity contribution in [1.29, 1.82) is 5.26 Å². The number of nitrogens with one attached hydrogen (secondary N) is 1. The van der Waals surface area contributed by atoms with E-state index >= 15 is 0 Å². The van der Waals surface area contributed by atoms with Crippen LogP contribution in [0.4, 0.5) is 5.69 Å². The van der Waals surface area contributed by atoms with Crippen molar-refractivity contribution in [2.45, 2.75) is 32.6 Å². The number of anilines is 1. The third-order valence-corrected chi connectivity index (χ3v) is 4.10. The summed E-state index contributed by atoms with van der Waals surface area (Å²) >= 11 is 0. The Morgan fingerprint density at radius 1 is 1.52 bits per heavy atom. The van der Waals surface area contributed by atoms with Gasteiger partial charge in [-0.15, -0.1) is 0 Å². The van der Waals surface area contributed by atoms with Gasteiger partial charge in [-0.1, -0.05) is 19.4 Å². The summed E-state index contributed by atoms with van der Waals surface area (Å²) in [5.41, 5.74) is 1.27. The van der Waals surface area contributed by atoms with Crippen LogP contribution >= 0.6 is 0 Å². The van der Waals surface area contributed by atoms with Crippen LogP contribution in [0, 0.1) is 17.2 Å². The van der Waals surface area contributed by atoms with Crippen LogP contribution < -0.4 is 5.32 Å². The van der Waals surface area contributed by atoms with Gasteiger partial charge < -0.3 is 10.2 Å². The lowest BCUT2D eigenvalue weighted by Crippen LogP contribution is -2.23. The van der Waals surface area contributed by atoms with Gasteiger partial charge in [0, 0.05) is 18.7 Å². The van der Waals surface area contributed by atoms with E-state index in [1.54, 1.807) is 18.2 Å². The van der Waals surface area contributed by atoms with Gasteiger partial charge in [-0.3, -0.25) is 4.79 Å². The molecule has 0 spiro atoms. The molecule has 2 rings (SSSR count). The summed E-state index contributed by atoms with van der Waals surface area (Å²) in [7, 11) is 0. The third kappa shape index (κ3) is 4.87. The Labute approximate surface area is 126 Å². The average Bonchev–Trinajstić information content (AvgIpc) is 2.95. The number of carbonyl (C=O) groups excluding carboxylic acids is 1. The van der Waals surface area contributed by atoms with Gasteiger partial charge in [0.05, 0.1) is 11.6 Å². The first-order valence-corrected chi connectivity index (χ1v) is 7.73. The molecule has 1 aliphatic heterocycles. The Bertz CT molecular complexity index is 521. The lowest BCUT2D eigenvalue weighted by molar-refractivity contribution is -0.116. The number of nitrogens with zero attached hydrogens (tertiary/aromatic N) is 2. The van der Waals surface area contributed by atoms with Gasteiger partial charge in [-0.25, -0.2) is 0 Å². The maximum Gasteiger partial charge on any atom is 0.224 e. The van der Waals surface area contributed by atoms with E-state index < -0.39 is 0 Å². The molecule has 1 aromatic rings. The fourth-order valence-electron chi connectivity index (χ4n) is 2.80. The van der Waals surface area contributed by atoms with E-state index in [2.05, 4.69) is 23.2 Å². The molecule has 0 aromatic heterocycles. The molecule has 4 nitrogen and oxygen atoms in total. The molecule has 1 atom stereocenters. The smallest absolute Gasteiger partial charge is 0.224 e. The summed E-state index contributed by atoms with van der Waals surface area (Å²) in [5, 5.41) is 11.7. The largest absolute Gasteiger partial charge is 0.326 e. The molecule has 21 heavy (non-hydrogen) atoms. The van der Waals surface area contributed by atoms with Crippen molar-refractivity contribution >= 4 is 11.6 Å². The van der Waals surface area contributed by atoms with E-state index in [0.29, 0.717) is 17.7 Å². The summed E-state index contributed by atoms with van der Waals surface area (Å²) in [6, 6.07) is 9.09. The standard InChI is InChI=1S/C17H23N3O/c1-2-14-8-10-20(13-14)9-4-7-17(21)19-16-6-3-5-15(11-16)12-18/h3,5-6,11,14H,2,4,7-10,13H2,1H3,(H,19,21). The van der Waals surface area contributed by atoms with E-state index in [4.69, 9.17) is 5.26 Å². The van der Waals surface area contributed by atoms with Gasteiger partial charge in [0.15, 0.2) is 0 Å². The maximum absolute atomic E-state index is 11.9. The second-order valence-corrected chi connectivity index (χ2v) is 5.71. The number of carbonyl (C=O) groups is 1. The first kappa shape index (κ1) is 15.5. The van der Waals surface area contributed by atoms with Crippen LogP contribution in [0.3, 0.4) is 0 Å². The van der Waals surface area contributed by atoms with E-state index in [0.717, 1.165) is 18.9 Å². The molecule has 1 N–H and O–H groups in total. The summed E-state index contributed by atoms with van der Waals surface area (Å²) in [4.78, 5) is 14.3. The summed E-state index contributed by atoms with van der Waals surface area (Å²) in [6.45, 7) is 5.60. The number of benzene rings is 1. The highest BCUT2D eigenvalue weighted by Gasteiger charge is 2.20. The first-order valence-electron chi connectivity index (χ1n) is 7.73. The fraction of sp³-hybridized carbons (Fsp3) is 0.529. The van der Waals surface area contributed by atoms with Crippen LogP contribution in [0.25, 0.3) is 0 Å². The zero-order chi connectivity index (χ0) is 15.1. The lowest BCUT2D eigenvalue weighted by Gasteiger charge is -2.15. The van der Waals surface area contributed by atoms with Crippen molar-refractivity contribution in [2.75, 3.05) is 25.0 Å². The minimum absolute atomic E-state index is 0.0244. The van der Waals surface area contributed by atoms with Gasteiger partial charge in [-0.2, -0.15) is 5.26 Å². The van der Waals surface area contributed by atoms with Crippen molar-refractivity contribution < 1.29 is 4.79 Å². The number of amides is 1. The van der Waals surface area contributed by atoms with Crippen molar-refractivity contribution in [2.24, 2.45) is 5.92 Å². The molecular weight excluding hydrogens is 262 g/mol. The molecule has 0 bridgehead atoms. The van der Waals surface area contributed by atoms with Crippen molar-refractivity contribution in [1.82, 2.24) is 4.90 Å². The van der Waals surface area contributed by atoms with Crippen LogP contribution in [-0.2, 0) is 4.79 Å². The molecule has 1 aromatic carbocycles. The van der Waals surface area contributed by atoms with Gasteiger partial charge in [0.2, 0.25) is 5.91 Å². The number of nitriles is 1. The monoisotopic (exact) mass is 285 g/mol. The second-order valence-electron chi connectivity index (χ2n) is 5.71. The molecule has 1 unspecified atom stereocenters. The summed E-state index contributed by atoms with van der Waals surface area (Å²) < 4.78 is 0. The molecule has 1 fully saturated rings. The Hall–Kier alpha value is -1.86. The average molecular weight is 285 g/mol. The molecular formula is C17H23N3O. The Balaban J connectivity index is 1.69. The minimum atomic E-state index is 0.0244. The van der Waals surface area contributed by atoms with Crippen LogP contribution in [-0.4, -0.2) is 30.4 Å². The van der Waals surface area contributed by atoms with Crippen LogP contribution in [0.1, 0.15) is 38.2 Å². The quantitative estimate of drug-likeness (QED) is 0.874. The zero-order valence-corrected chi connectivity index (χ0v) is 12.6. The Kier molecular flexibility index (Phi) is 5.77. The third-order valence-electron chi connectivity index (χ3n) is 4.10. The van der Waals surface area contributed by atoms with E-state index in [1.807, 2.05) is 6.07 Å². The van der Waals surface area contributed by atoms with Crippen LogP contribution in [0.2, 0.25) is 0 Å². The molecule has 4 heteroatoms. The number of hydrogen-bond donors (Lipinski definition) is 1. The highest BCUT2D eigenvalue weighted by atomic mass is 16.1. The Morgan fingerprint density at radius 3 is 3.10 bits per heavy atom. The molecule has 0 radical (unpaired) electrons. The topological polar surface area (TPSA) is 56.1 Å². The zero-order valence-electron chi connectivity index (χ0n) is 12.6. The van der Waals surface area contributed by atoms with E-state index in [1.165, 1.54) is 25.9 Å². The summed E-state index contributed by atoms with van der Waals surface area (Å²) in [6.07, 6.45) is 3.97. The normalized spacial score (nSPS) is 18.4. The van der Waals surface area contributed by atoms with E-state index in [-0.39, 0.29) is 5.91 Å². The number of rotatable bonds is 6. The molecule has 112 valence electrons. The molecule has 0 saturated carbocycles. The van der Waals surface area contributed by atoms with Crippen molar-refractivity contribution in [3.8, 4) is 6.07 Å². The highest BCUT2D eigenvalue weighted by Crippen LogP contribution is 2.19. The Morgan fingerprint density at radius 2 is 2.38 bits per heavy atom. The lowest BCUT2D eigenvalue weighted by atomic mass is 10.1. The van der Waals surface area contributed by atoms with Crippen LogP contribution in [0.15, 0.2) is 24.3 Å². The van der Waals surface area contributed by atoms with Crippen LogP contribution in [0.5, 0.6) is 0 Å². The molecule has 1 saturated heterocycles. The molecule has 1 heterocycles. The minimum Gasteiger partial charge on any atom is -0.326 e. The SMILES string of the molecule is CCC1CCN(CCCC(=O)Nc2cccc(C#N)c2)C1. The maximum atomic E-state index is 11.9. The fourth-order valence-corrected chi connectivity index (χ4v) is 2.80. The number of likely N-dealkylation sites (tertiary alicyclic amines) is 1. The first-order chi connectivity index (χ1) is 10.2. The highest BCUT2D eigenvalue weighted by molar-refractivity contribution is 5.90. The van der Waals surface area contributed by atoms with Crippen molar-refractivity contribution in [3.05, 3.63) is 29.8 Å². The predicted octanol–water partition coefficient (Wildman–Crippen LogP) is 3.01. The van der Waals surface area contributed by atoms with Gasteiger partial charge >= 0.3 is 0 Å². The summed E-state index contributed by atoms with van der Waals surface area (Å²) in [5.74, 6) is 0.865. The molecule has 0 aliphatic carbocycles. The predicted molar refractivity (Wildman–Crippen MR) is 83.9 cm³/mol. The van der Waals surface area contributed by atoms with Crippen molar-refractivity contribution in [3.63, 3.8) is 0 Å².